The van der Waals surface area contributed by atoms with E-state index in [-0.39, 0.29) is 22.2 Å². The summed E-state index contributed by atoms with van der Waals surface area (Å²) in [5.41, 5.74) is -1.58. The first-order valence-corrected chi connectivity index (χ1v) is 11.1. The van der Waals surface area contributed by atoms with Gasteiger partial charge >= 0.3 is 12.1 Å². The minimum Gasteiger partial charge on any atom is -0.477 e. The summed E-state index contributed by atoms with van der Waals surface area (Å²) in [5.74, 6) is -1.58. The smallest absolute Gasteiger partial charge is 0.407 e. The quantitative estimate of drug-likeness (QED) is 0.590. The Morgan fingerprint density at radius 2 is 2.06 bits per heavy atom. The highest BCUT2D eigenvalue weighted by Gasteiger charge is 2.28. The number of anilines is 1. The highest BCUT2D eigenvalue weighted by atomic mass is 32.1. The number of nitrogens with one attached hydrogen (secondary N) is 1. The van der Waals surface area contributed by atoms with Crippen molar-refractivity contribution in [2.75, 3.05) is 18.0 Å². The molecule has 10 nitrogen and oxygen atoms in total. The first-order valence-electron chi connectivity index (χ1n) is 10.2. The minimum absolute atomic E-state index is 0.0804. The summed E-state index contributed by atoms with van der Waals surface area (Å²) in [6.45, 7) is 6.44. The van der Waals surface area contributed by atoms with Crippen LogP contribution in [0, 0.1) is 5.95 Å². The van der Waals surface area contributed by atoms with Gasteiger partial charge in [-0.05, 0) is 39.3 Å². The number of amides is 1. The molecule has 1 fully saturated rings. The topological polar surface area (TPSA) is 127 Å². The molecule has 1 aliphatic heterocycles. The number of ether oxygens (including phenoxy) is 1. The molecule has 0 bridgehead atoms. The fourth-order valence-corrected chi connectivity index (χ4v) is 4.23. The number of carbonyl (C=O) groups is 2. The number of hydrogen-bond acceptors (Lipinski definition) is 8. The van der Waals surface area contributed by atoms with Crippen LogP contribution in [-0.4, -0.2) is 56.4 Å². The van der Waals surface area contributed by atoms with Crippen molar-refractivity contribution >= 4 is 40.3 Å². The fourth-order valence-electron chi connectivity index (χ4n) is 3.58. The van der Waals surface area contributed by atoms with Crippen LogP contribution >= 0.6 is 11.3 Å². The molecule has 0 spiro atoms. The van der Waals surface area contributed by atoms with Crippen LogP contribution in [-0.2, 0) is 4.74 Å². The van der Waals surface area contributed by atoms with Crippen molar-refractivity contribution in [2.45, 2.75) is 38.8 Å². The Hall–Kier alpha value is -3.54. The number of carboxylic acid groups (broad SMARTS) is 1. The number of carboxylic acids is 1. The lowest BCUT2D eigenvalue weighted by molar-refractivity contribution is 0.0508. The largest absolute Gasteiger partial charge is 0.477 e. The third kappa shape index (κ3) is 4.80. The first-order chi connectivity index (χ1) is 15.5. The second kappa shape index (κ2) is 8.43. The Bertz CT molecular complexity index is 1300. The van der Waals surface area contributed by atoms with Crippen molar-refractivity contribution in [1.29, 1.82) is 0 Å². The Morgan fingerprint density at radius 3 is 2.70 bits per heavy atom. The van der Waals surface area contributed by atoms with E-state index in [0.717, 1.165) is 17.5 Å². The molecule has 4 heterocycles. The Labute approximate surface area is 191 Å². The van der Waals surface area contributed by atoms with Crippen LogP contribution in [0.1, 0.15) is 37.6 Å². The van der Waals surface area contributed by atoms with Gasteiger partial charge in [-0.1, -0.05) is 0 Å². The standard InChI is InChI=1S/C21H22FN5O5S/c1-21(2,3)32-20(31)23-11-6-7-26(8-11)15-5-4-12-16(28)13(18(29)30)9-27(17(12)25-15)19-24-14(22)10-33-19/h4-5,9-11H,6-8H2,1-3H3,(H,23,31)(H,29,30). The molecule has 3 aromatic heterocycles. The molecular weight excluding hydrogens is 453 g/mol. The van der Waals surface area contributed by atoms with E-state index in [0.29, 0.717) is 25.3 Å². The monoisotopic (exact) mass is 475 g/mol. The lowest BCUT2D eigenvalue weighted by atomic mass is 10.2. The summed E-state index contributed by atoms with van der Waals surface area (Å²) < 4.78 is 20.2. The molecule has 12 heteroatoms. The molecule has 0 saturated carbocycles. The molecule has 174 valence electrons. The van der Waals surface area contributed by atoms with Crippen LogP contribution in [0.3, 0.4) is 0 Å². The maximum Gasteiger partial charge on any atom is 0.407 e. The SMILES string of the molecule is CC(C)(C)OC(=O)NC1CCN(c2ccc3c(=O)c(C(=O)O)cn(-c4nc(F)cs4)c3n2)C1. The van der Waals surface area contributed by atoms with E-state index < -0.39 is 34.6 Å². The number of fused-ring (bicyclic) bond motifs is 1. The zero-order valence-electron chi connectivity index (χ0n) is 18.2. The molecule has 1 aliphatic rings. The van der Waals surface area contributed by atoms with Gasteiger partial charge in [0.2, 0.25) is 11.4 Å². The molecule has 1 atom stereocenters. The second-order valence-electron chi connectivity index (χ2n) is 8.62. The van der Waals surface area contributed by atoms with Gasteiger partial charge in [-0.25, -0.2) is 14.6 Å². The van der Waals surface area contributed by atoms with Crippen LogP contribution in [0.15, 0.2) is 28.5 Å². The van der Waals surface area contributed by atoms with E-state index in [4.69, 9.17) is 4.74 Å². The van der Waals surface area contributed by atoms with Gasteiger partial charge in [-0.15, -0.1) is 11.3 Å². The van der Waals surface area contributed by atoms with Gasteiger partial charge in [-0.2, -0.15) is 9.37 Å². The molecule has 4 rings (SSSR count). The Balaban J connectivity index is 1.67. The average molecular weight is 476 g/mol. The van der Waals surface area contributed by atoms with E-state index in [2.05, 4.69) is 15.3 Å². The number of rotatable bonds is 4. The fraction of sp³-hybridized carbons (Fsp3) is 0.381. The average Bonchev–Trinajstić information content (AvgIpc) is 3.35. The van der Waals surface area contributed by atoms with Crippen LogP contribution in [0.2, 0.25) is 0 Å². The third-order valence-electron chi connectivity index (χ3n) is 4.97. The van der Waals surface area contributed by atoms with Crippen LogP contribution in [0.4, 0.5) is 15.0 Å². The molecule has 3 aromatic rings. The van der Waals surface area contributed by atoms with Crippen molar-refractivity contribution < 1.29 is 23.8 Å². The number of nitrogens with zero attached hydrogens (tertiary/aromatic N) is 4. The van der Waals surface area contributed by atoms with Crippen LogP contribution in [0.5, 0.6) is 0 Å². The second-order valence-corrected chi connectivity index (χ2v) is 9.45. The maximum absolute atomic E-state index is 13.6. The van der Waals surface area contributed by atoms with E-state index in [1.54, 1.807) is 26.8 Å². The number of aromatic carboxylic acids is 1. The highest BCUT2D eigenvalue weighted by Crippen LogP contribution is 2.24. The lowest BCUT2D eigenvalue weighted by Gasteiger charge is -2.22. The van der Waals surface area contributed by atoms with Crippen LogP contribution < -0.4 is 15.6 Å². The number of alkyl carbamates (subject to hydrolysis) is 1. The summed E-state index contributed by atoms with van der Waals surface area (Å²) in [5, 5.41) is 13.7. The predicted molar refractivity (Wildman–Crippen MR) is 120 cm³/mol. The zero-order valence-corrected chi connectivity index (χ0v) is 19.0. The number of thiazole rings is 1. The predicted octanol–water partition coefficient (Wildman–Crippen LogP) is 2.78. The number of aromatic nitrogens is 3. The molecule has 1 saturated heterocycles. The number of halogens is 1. The van der Waals surface area contributed by atoms with Gasteiger partial charge in [0.05, 0.1) is 11.4 Å². The van der Waals surface area contributed by atoms with Crippen molar-refractivity contribution in [3.8, 4) is 5.13 Å². The van der Waals surface area contributed by atoms with Gasteiger partial charge in [-0.3, -0.25) is 9.36 Å². The third-order valence-corrected chi connectivity index (χ3v) is 5.78. The molecule has 2 N–H and O–H groups in total. The van der Waals surface area contributed by atoms with Gasteiger partial charge in [0, 0.05) is 24.7 Å². The molecule has 0 radical (unpaired) electrons. The van der Waals surface area contributed by atoms with Gasteiger partial charge < -0.3 is 20.1 Å². The van der Waals surface area contributed by atoms with Gasteiger partial charge in [0.1, 0.15) is 17.0 Å². The first kappa shape index (κ1) is 22.6. The van der Waals surface area contributed by atoms with E-state index in [1.807, 2.05) is 4.90 Å². The molecule has 0 aliphatic carbocycles. The van der Waals surface area contributed by atoms with Crippen LogP contribution in [0.25, 0.3) is 16.2 Å². The summed E-state index contributed by atoms with van der Waals surface area (Å²) in [6, 6.07) is 2.97. The van der Waals surface area contributed by atoms with E-state index in [9.17, 15) is 23.9 Å². The molecule has 1 unspecified atom stereocenters. The van der Waals surface area contributed by atoms with E-state index >= 15 is 0 Å². The molecular formula is C21H22FN5O5S. The summed E-state index contributed by atoms with van der Waals surface area (Å²) in [6.07, 6.45) is 1.28. The van der Waals surface area contributed by atoms with Crippen molar-refractivity contribution in [3.63, 3.8) is 0 Å². The number of pyridine rings is 2. The Morgan fingerprint density at radius 1 is 1.30 bits per heavy atom. The van der Waals surface area contributed by atoms with Crippen molar-refractivity contribution in [1.82, 2.24) is 19.9 Å². The number of hydrogen-bond donors (Lipinski definition) is 2. The maximum atomic E-state index is 13.6. The van der Waals surface area contributed by atoms with Gasteiger partial charge in [0.25, 0.3) is 0 Å². The summed E-state index contributed by atoms with van der Waals surface area (Å²) >= 11 is 0.960. The molecule has 33 heavy (non-hydrogen) atoms. The van der Waals surface area contributed by atoms with Crippen molar-refractivity contribution in [2.24, 2.45) is 0 Å². The zero-order chi connectivity index (χ0) is 23.9. The summed E-state index contributed by atoms with van der Waals surface area (Å²) in [4.78, 5) is 46.6. The summed E-state index contributed by atoms with van der Waals surface area (Å²) in [7, 11) is 0. The van der Waals surface area contributed by atoms with Crippen molar-refractivity contribution in [3.05, 3.63) is 45.4 Å². The number of carbonyl (C=O) groups excluding carboxylic acids is 1. The minimum atomic E-state index is -1.40. The highest BCUT2D eigenvalue weighted by molar-refractivity contribution is 7.12. The molecule has 1 amide bonds. The molecule has 0 aromatic carbocycles. The lowest BCUT2D eigenvalue weighted by Crippen LogP contribution is -2.40. The Kier molecular flexibility index (Phi) is 5.78. The van der Waals surface area contributed by atoms with Gasteiger partial charge in [0.15, 0.2) is 10.8 Å². The van der Waals surface area contributed by atoms with E-state index in [1.165, 1.54) is 16.0 Å². The normalized spacial score (nSPS) is 16.2.